The van der Waals surface area contributed by atoms with Gasteiger partial charge in [0.1, 0.15) is 12.2 Å². The summed E-state index contributed by atoms with van der Waals surface area (Å²) in [6.45, 7) is 16.0. The Labute approximate surface area is 254 Å². The zero-order chi connectivity index (χ0) is 30.6. The van der Waals surface area contributed by atoms with Crippen molar-refractivity contribution in [2.75, 3.05) is 0 Å². The lowest BCUT2D eigenvalue weighted by Gasteiger charge is -2.36. The van der Waals surface area contributed by atoms with Crippen molar-refractivity contribution in [3.63, 3.8) is 0 Å². The summed E-state index contributed by atoms with van der Waals surface area (Å²) in [6, 6.07) is 22.7. The quantitative estimate of drug-likeness (QED) is 0.129. The predicted octanol–water partition coefficient (Wildman–Crippen LogP) is 8.18. The van der Waals surface area contributed by atoms with Crippen LogP contribution in [0.2, 0.25) is 0 Å². The van der Waals surface area contributed by atoms with Gasteiger partial charge in [-0.25, -0.2) is 0 Å². The number of hydrogen-bond donors (Lipinski definition) is 1. The van der Waals surface area contributed by atoms with E-state index >= 15 is 0 Å². The molecule has 0 heterocycles. The first-order chi connectivity index (χ1) is 20.1. The van der Waals surface area contributed by atoms with Gasteiger partial charge >= 0.3 is 5.97 Å². The van der Waals surface area contributed by atoms with Gasteiger partial charge in [0.05, 0.1) is 5.92 Å². The molecule has 0 bridgehead atoms. The fourth-order valence-corrected chi connectivity index (χ4v) is 5.42. The standard InChI is InChI=1S/C38H49NO3/c1-8-9-10-11-15-22-36(40)31(6)38(41)42-37(33-19-13-12-14-20-33)32(7)39(25-34-21-17-16-18-28(34)3)26-35-29(4)23-27(2)24-30(35)5/h12-14,16-21,23-24,31-32,36-37,40H,8-11,25-26H2,1-7H3/t31-,32+,36+,37+/m1/s1. The summed E-state index contributed by atoms with van der Waals surface area (Å²) in [6.07, 6.45) is 2.37. The number of rotatable bonds is 13. The van der Waals surface area contributed by atoms with Crippen LogP contribution in [0.15, 0.2) is 66.7 Å². The molecule has 0 aromatic heterocycles. The number of benzene rings is 3. The van der Waals surface area contributed by atoms with E-state index in [4.69, 9.17) is 4.74 Å². The Kier molecular flexibility index (Phi) is 12.9. The molecule has 4 atom stereocenters. The predicted molar refractivity (Wildman–Crippen MR) is 173 cm³/mol. The summed E-state index contributed by atoms with van der Waals surface area (Å²) < 4.78 is 6.28. The van der Waals surface area contributed by atoms with E-state index in [0.717, 1.165) is 37.8 Å². The number of ether oxygens (including phenoxy) is 1. The van der Waals surface area contributed by atoms with E-state index in [2.05, 4.69) is 94.7 Å². The molecule has 0 spiro atoms. The van der Waals surface area contributed by atoms with Crippen molar-refractivity contribution in [1.29, 1.82) is 0 Å². The van der Waals surface area contributed by atoms with Crippen LogP contribution in [0, 0.1) is 45.5 Å². The molecule has 4 heteroatoms. The summed E-state index contributed by atoms with van der Waals surface area (Å²) in [5, 5.41) is 10.7. The molecule has 0 aliphatic rings. The second kappa shape index (κ2) is 16.3. The lowest BCUT2D eigenvalue weighted by molar-refractivity contribution is -0.160. The molecular formula is C38H49NO3. The van der Waals surface area contributed by atoms with Gasteiger partial charge in [0, 0.05) is 25.6 Å². The van der Waals surface area contributed by atoms with Gasteiger partial charge in [-0.2, -0.15) is 0 Å². The third-order valence-electron chi connectivity index (χ3n) is 8.22. The van der Waals surface area contributed by atoms with E-state index in [1.165, 1.54) is 33.4 Å². The van der Waals surface area contributed by atoms with Crippen LogP contribution in [0.3, 0.4) is 0 Å². The maximum atomic E-state index is 13.5. The van der Waals surface area contributed by atoms with Crippen molar-refractivity contribution >= 4 is 5.97 Å². The molecule has 0 amide bonds. The van der Waals surface area contributed by atoms with Crippen LogP contribution >= 0.6 is 0 Å². The number of unbranched alkanes of at least 4 members (excludes halogenated alkanes) is 3. The van der Waals surface area contributed by atoms with Crippen LogP contribution < -0.4 is 0 Å². The zero-order valence-electron chi connectivity index (χ0n) is 26.6. The average molecular weight is 568 g/mol. The third kappa shape index (κ3) is 9.31. The van der Waals surface area contributed by atoms with Crippen LogP contribution in [0.4, 0.5) is 0 Å². The van der Waals surface area contributed by atoms with Crippen molar-refractivity contribution in [2.24, 2.45) is 5.92 Å². The minimum absolute atomic E-state index is 0.152. The van der Waals surface area contributed by atoms with Crippen LogP contribution in [-0.4, -0.2) is 28.1 Å². The first kappa shape index (κ1) is 33.1. The highest BCUT2D eigenvalue weighted by molar-refractivity contribution is 5.73. The fraction of sp³-hybridized carbons (Fsp3) is 0.447. The monoisotopic (exact) mass is 567 g/mol. The number of nitrogens with zero attached hydrogens (tertiary/aromatic N) is 1. The van der Waals surface area contributed by atoms with Crippen LogP contribution in [-0.2, 0) is 22.6 Å². The highest BCUT2D eigenvalue weighted by Gasteiger charge is 2.32. The number of carbonyl (C=O) groups excluding carboxylic acids is 1. The number of esters is 1. The van der Waals surface area contributed by atoms with Crippen LogP contribution in [0.5, 0.6) is 0 Å². The molecule has 3 aromatic rings. The SMILES string of the molecule is CCCCCC#C[C@H](O)[C@@H](C)C(=O)O[C@H](c1ccccc1)[C@H](C)N(Cc1ccccc1C)Cc1c(C)cc(C)cc1C. The van der Waals surface area contributed by atoms with Crippen molar-refractivity contribution < 1.29 is 14.6 Å². The Bertz CT molecular complexity index is 1330. The number of aryl methyl sites for hydroxylation is 4. The van der Waals surface area contributed by atoms with Crippen LogP contribution in [0.25, 0.3) is 0 Å². The second-order valence-corrected chi connectivity index (χ2v) is 11.7. The number of aliphatic hydroxyl groups excluding tert-OH is 1. The summed E-state index contributed by atoms with van der Waals surface area (Å²) in [5.41, 5.74) is 8.47. The summed E-state index contributed by atoms with van der Waals surface area (Å²) in [7, 11) is 0. The normalized spacial score (nSPS) is 14.0. The van der Waals surface area contributed by atoms with Crippen molar-refractivity contribution in [1.82, 2.24) is 4.90 Å². The Morgan fingerprint density at radius 1 is 0.881 bits per heavy atom. The lowest BCUT2D eigenvalue weighted by atomic mass is 9.96. The summed E-state index contributed by atoms with van der Waals surface area (Å²) in [5.74, 6) is 4.71. The van der Waals surface area contributed by atoms with E-state index in [1.807, 2.05) is 30.3 Å². The average Bonchev–Trinajstić information content (AvgIpc) is 2.97. The molecule has 0 aliphatic carbocycles. The molecule has 0 unspecified atom stereocenters. The van der Waals surface area contributed by atoms with Crippen molar-refractivity contribution in [3.8, 4) is 11.8 Å². The van der Waals surface area contributed by atoms with E-state index in [0.29, 0.717) is 6.54 Å². The maximum absolute atomic E-state index is 13.5. The minimum atomic E-state index is -1.06. The first-order valence-corrected chi connectivity index (χ1v) is 15.4. The second-order valence-electron chi connectivity index (χ2n) is 11.7. The molecule has 42 heavy (non-hydrogen) atoms. The number of aliphatic hydroxyl groups is 1. The summed E-state index contributed by atoms with van der Waals surface area (Å²) in [4.78, 5) is 15.9. The van der Waals surface area contributed by atoms with Crippen molar-refractivity contribution in [2.45, 2.75) is 105 Å². The molecular weight excluding hydrogens is 518 g/mol. The number of carbonyl (C=O) groups is 1. The molecule has 0 saturated heterocycles. The van der Waals surface area contributed by atoms with Gasteiger partial charge in [-0.1, -0.05) is 98.0 Å². The molecule has 0 fully saturated rings. The van der Waals surface area contributed by atoms with E-state index < -0.39 is 24.1 Å². The van der Waals surface area contributed by atoms with E-state index in [9.17, 15) is 9.90 Å². The van der Waals surface area contributed by atoms with Gasteiger partial charge < -0.3 is 9.84 Å². The number of hydrogen-bond acceptors (Lipinski definition) is 4. The van der Waals surface area contributed by atoms with Gasteiger partial charge in [0.15, 0.2) is 0 Å². The van der Waals surface area contributed by atoms with Gasteiger partial charge in [0.25, 0.3) is 0 Å². The first-order valence-electron chi connectivity index (χ1n) is 15.4. The Balaban J connectivity index is 1.93. The Morgan fingerprint density at radius 3 is 2.17 bits per heavy atom. The van der Waals surface area contributed by atoms with Gasteiger partial charge in [-0.3, -0.25) is 9.69 Å². The van der Waals surface area contributed by atoms with Gasteiger partial charge in [-0.15, -0.1) is 5.92 Å². The Morgan fingerprint density at radius 2 is 1.52 bits per heavy atom. The Hall–Kier alpha value is -3.39. The maximum Gasteiger partial charge on any atom is 0.312 e. The summed E-state index contributed by atoms with van der Waals surface area (Å²) >= 11 is 0. The highest BCUT2D eigenvalue weighted by Crippen LogP contribution is 2.31. The zero-order valence-corrected chi connectivity index (χ0v) is 26.6. The highest BCUT2D eigenvalue weighted by atomic mass is 16.5. The topological polar surface area (TPSA) is 49.8 Å². The fourth-order valence-electron chi connectivity index (χ4n) is 5.42. The molecule has 224 valence electrons. The smallest absolute Gasteiger partial charge is 0.312 e. The molecule has 3 aromatic carbocycles. The molecule has 0 radical (unpaired) electrons. The minimum Gasteiger partial charge on any atom is -0.456 e. The van der Waals surface area contributed by atoms with E-state index in [1.54, 1.807) is 6.92 Å². The van der Waals surface area contributed by atoms with Gasteiger partial charge in [0.2, 0.25) is 0 Å². The van der Waals surface area contributed by atoms with E-state index in [-0.39, 0.29) is 6.04 Å². The molecule has 4 nitrogen and oxygen atoms in total. The van der Waals surface area contributed by atoms with Crippen LogP contribution in [0.1, 0.15) is 91.5 Å². The largest absolute Gasteiger partial charge is 0.456 e. The molecule has 1 N–H and O–H groups in total. The van der Waals surface area contributed by atoms with Gasteiger partial charge in [-0.05, 0) is 81.3 Å². The lowest BCUT2D eigenvalue weighted by Crippen LogP contribution is -2.40. The van der Waals surface area contributed by atoms with Crippen molar-refractivity contribution in [3.05, 3.63) is 106 Å². The molecule has 0 aliphatic heterocycles. The molecule has 0 saturated carbocycles. The molecule has 3 rings (SSSR count). The third-order valence-corrected chi connectivity index (χ3v) is 8.22.